The van der Waals surface area contributed by atoms with Gasteiger partial charge in [-0.05, 0) is 43.5 Å². The molecule has 0 aliphatic heterocycles. The summed E-state index contributed by atoms with van der Waals surface area (Å²) in [7, 11) is 0. The number of ether oxygens (including phenoxy) is 2. The summed E-state index contributed by atoms with van der Waals surface area (Å²) < 4.78 is 10.7. The number of nitrogens with one attached hydrogen (secondary N) is 2. The largest absolute Gasteiger partial charge is 0.491 e. The molecule has 0 aliphatic rings. The van der Waals surface area contributed by atoms with Crippen molar-refractivity contribution in [2.24, 2.45) is 0 Å². The lowest BCUT2D eigenvalue weighted by molar-refractivity contribution is -0.148. The first-order valence-electron chi connectivity index (χ1n) is 9.70. The molecular weight excluding hydrogens is 368 g/mol. The standard InChI is InChI=1S/C23H26N2O4/c1-16-7-9-21(17(2)13-16)28-12-11-24-22(26)15-29-23(27)10-8-18-14-25-20-6-4-3-5-19(18)20/h3-7,9,13-14,25H,8,10-12,15H2,1-2H3,(H,24,26). The second-order valence-corrected chi connectivity index (χ2v) is 6.99. The molecule has 0 saturated carbocycles. The first kappa shape index (κ1) is 20.5. The fraction of sp³-hybridized carbons (Fsp3) is 0.304. The number of aromatic amines is 1. The van der Waals surface area contributed by atoms with E-state index in [4.69, 9.17) is 9.47 Å². The third-order valence-corrected chi connectivity index (χ3v) is 4.65. The summed E-state index contributed by atoms with van der Waals surface area (Å²) in [6.07, 6.45) is 2.69. The number of hydrogen-bond acceptors (Lipinski definition) is 4. The van der Waals surface area contributed by atoms with Crippen molar-refractivity contribution >= 4 is 22.8 Å². The summed E-state index contributed by atoms with van der Waals surface area (Å²) in [5.74, 6) is 0.0696. The van der Waals surface area contributed by atoms with Gasteiger partial charge in [-0.25, -0.2) is 0 Å². The van der Waals surface area contributed by atoms with Crippen molar-refractivity contribution in [3.8, 4) is 5.75 Å². The number of aromatic nitrogens is 1. The van der Waals surface area contributed by atoms with E-state index in [0.717, 1.165) is 27.8 Å². The van der Waals surface area contributed by atoms with E-state index in [1.54, 1.807) is 0 Å². The molecule has 1 amide bonds. The number of carbonyl (C=O) groups excluding carboxylic acids is 2. The Hall–Kier alpha value is -3.28. The number of esters is 1. The molecule has 0 bridgehead atoms. The molecular formula is C23H26N2O4. The second-order valence-electron chi connectivity index (χ2n) is 6.99. The van der Waals surface area contributed by atoms with Crippen molar-refractivity contribution in [3.05, 3.63) is 65.4 Å². The van der Waals surface area contributed by atoms with E-state index in [1.807, 2.05) is 62.5 Å². The number of fused-ring (bicyclic) bond motifs is 1. The quantitative estimate of drug-likeness (QED) is 0.430. The molecule has 6 heteroatoms. The molecule has 29 heavy (non-hydrogen) atoms. The number of para-hydroxylation sites is 1. The van der Waals surface area contributed by atoms with Gasteiger partial charge >= 0.3 is 5.97 Å². The molecule has 152 valence electrons. The number of amides is 1. The highest BCUT2D eigenvalue weighted by molar-refractivity contribution is 5.84. The molecule has 3 rings (SSSR count). The van der Waals surface area contributed by atoms with Crippen LogP contribution in [0.25, 0.3) is 10.9 Å². The van der Waals surface area contributed by atoms with Gasteiger partial charge in [-0.15, -0.1) is 0 Å². The number of aryl methyl sites for hydroxylation is 3. The minimum atomic E-state index is -0.392. The summed E-state index contributed by atoms with van der Waals surface area (Å²) >= 11 is 0. The molecule has 0 radical (unpaired) electrons. The summed E-state index contributed by atoms with van der Waals surface area (Å²) in [5, 5.41) is 3.79. The molecule has 3 aromatic rings. The van der Waals surface area contributed by atoms with Crippen LogP contribution in [0.5, 0.6) is 5.75 Å². The molecule has 0 fully saturated rings. The van der Waals surface area contributed by atoms with Crippen molar-refractivity contribution in [2.75, 3.05) is 19.8 Å². The van der Waals surface area contributed by atoms with Gasteiger partial charge in [0.1, 0.15) is 12.4 Å². The zero-order chi connectivity index (χ0) is 20.6. The molecule has 1 aromatic heterocycles. The van der Waals surface area contributed by atoms with Gasteiger partial charge in [0.05, 0.1) is 6.54 Å². The molecule has 0 saturated heterocycles. The predicted octanol–water partition coefficient (Wildman–Crippen LogP) is 3.46. The fourth-order valence-corrected chi connectivity index (χ4v) is 3.16. The number of rotatable bonds is 9. The van der Waals surface area contributed by atoms with Crippen LogP contribution in [-0.4, -0.2) is 36.6 Å². The third-order valence-electron chi connectivity index (χ3n) is 4.65. The van der Waals surface area contributed by atoms with Crippen molar-refractivity contribution in [1.29, 1.82) is 0 Å². The molecule has 0 spiro atoms. The van der Waals surface area contributed by atoms with Gasteiger partial charge < -0.3 is 19.8 Å². The van der Waals surface area contributed by atoms with Crippen molar-refractivity contribution in [3.63, 3.8) is 0 Å². The summed E-state index contributed by atoms with van der Waals surface area (Å²) in [6.45, 7) is 4.43. The van der Waals surface area contributed by atoms with Gasteiger partial charge in [0.15, 0.2) is 6.61 Å². The maximum Gasteiger partial charge on any atom is 0.306 e. The Labute approximate surface area is 170 Å². The Morgan fingerprint density at radius 2 is 1.93 bits per heavy atom. The lowest BCUT2D eigenvalue weighted by Crippen LogP contribution is -2.32. The lowest BCUT2D eigenvalue weighted by atomic mass is 10.1. The Kier molecular flexibility index (Phi) is 6.89. The Morgan fingerprint density at radius 1 is 1.10 bits per heavy atom. The molecule has 1 heterocycles. The summed E-state index contributed by atoms with van der Waals surface area (Å²) in [5.41, 5.74) is 4.33. The van der Waals surface area contributed by atoms with Crippen LogP contribution < -0.4 is 10.1 Å². The van der Waals surface area contributed by atoms with E-state index >= 15 is 0 Å². The fourth-order valence-electron chi connectivity index (χ4n) is 3.16. The molecule has 2 aromatic carbocycles. The zero-order valence-corrected chi connectivity index (χ0v) is 16.8. The van der Waals surface area contributed by atoms with Gasteiger partial charge in [-0.2, -0.15) is 0 Å². The highest BCUT2D eigenvalue weighted by Crippen LogP contribution is 2.19. The Morgan fingerprint density at radius 3 is 2.76 bits per heavy atom. The van der Waals surface area contributed by atoms with Gasteiger partial charge in [-0.1, -0.05) is 35.9 Å². The Balaban J connectivity index is 1.32. The van der Waals surface area contributed by atoms with Gasteiger partial charge in [0.25, 0.3) is 5.91 Å². The molecule has 0 unspecified atom stereocenters. The van der Waals surface area contributed by atoms with Crippen molar-refractivity contribution < 1.29 is 19.1 Å². The van der Waals surface area contributed by atoms with Crippen LogP contribution in [0.4, 0.5) is 0 Å². The molecule has 2 N–H and O–H groups in total. The van der Waals surface area contributed by atoms with Crippen LogP contribution in [0.1, 0.15) is 23.1 Å². The smallest absolute Gasteiger partial charge is 0.306 e. The summed E-state index contributed by atoms with van der Waals surface area (Å²) in [6, 6.07) is 13.9. The van der Waals surface area contributed by atoms with Crippen LogP contribution in [0.2, 0.25) is 0 Å². The average molecular weight is 394 g/mol. The van der Waals surface area contributed by atoms with Gasteiger partial charge in [0.2, 0.25) is 0 Å². The molecule has 0 aliphatic carbocycles. The minimum absolute atomic E-state index is 0.227. The van der Waals surface area contributed by atoms with E-state index in [-0.39, 0.29) is 18.9 Å². The zero-order valence-electron chi connectivity index (χ0n) is 16.8. The van der Waals surface area contributed by atoms with E-state index in [9.17, 15) is 9.59 Å². The Bertz CT molecular complexity index is 993. The molecule has 0 atom stereocenters. The minimum Gasteiger partial charge on any atom is -0.491 e. The maximum atomic E-state index is 11.9. The van der Waals surface area contributed by atoms with Crippen LogP contribution in [0.15, 0.2) is 48.7 Å². The number of hydrogen-bond donors (Lipinski definition) is 2. The summed E-state index contributed by atoms with van der Waals surface area (Å²) in [4.78, 5) is 26.9. The maximum absolute atomic E-state index is 11.9. The highest BCUT2D eigenvalue weighted by atomic mass is 16.5. The van der Waals surface area contributed by atoms with E-state index in [0.29, 0.717) is 19.6 Å². The highest BCUT2D eigenvalue weighted by Gasteiger charge is 2.10. The van der Waals surface area contributed by atoms with Crippen LogP contribution in [-0.2, 0) is 20.7 Å². The van der Waals surface area contributed by atoms with Crippen LogP contribution in [0, 0.1) is 13.8 Å². The third kappa shape index (κ3) is 5.85. The van der Waals surface area contributed by atoms with Crippen LogP contribution in [0.3, 0.4) is 0 Å². The SMILES string of the molecule is Cc1ccc(OCCNC(=O)COC(=O)CCc2c[nH]c3ccccc23)c(C)c1. The van der Waals surface area contributed by atoms with Crippen molar-refractivity contribution in [1.82, 2.24) is 10.3 Å². The predicted molar refractivity (Wildman–Crippen MR) is 112 cm³/mol. The van der Waals surface area contributed by atoms with Gasteiger partial charge in [-0.3, -0.25) is 9.59 Å². The number of H-pyrrole nitrogens is 1. The topological polar surface area (TPSA) is 80.4 Å². The average Bonchev–Trinajstić information content (AvgIpc) is 3.12. The second kappa shape index (κ2) is 9.78. The van der Waals surface area contributed by atoms with Gasteiger partial charge in [0, 0.05) is 23.5 Å². The normalized spacial score (nSPS) is 10.7. The van der Waals surface area contributed by atoms with E-state index in [2.05, 4.69) is 10.3 Å². The first-order chi connectivity index (χ1) is 14.0. The number of carbonyl (C=O) groups is 2. The lowest BCUT2D eigenvalue weighted by Gasteiger charge is -2.10. The first-order valence-corrected chi connectivity index (χ1v) is 9.70. The molecule has 6 nitrogen and oxygen atoms in total. The number of benzene rings is 2. The van der Waals surface area contributed by atoms with E-state index < -0.39 is 5.97 Å². The van der Waals surface area contributed by atoms with E-state index in [1.165, 1.54) is 5.56 Å². The van der Waals surface area contributed by atoms with Crippen LogP contribution >= 0.6 is 0 Å². The monoisotopic (exact) mass is 394 g/mol. The van der Waals surface area contributed by atoms with Crippen molar-refractivity contribution in [2.45, 2.75) is 26.7 Å².